The van der Waals surface area contributed by atoms with E-state index in [0.29, 0.717) is 23.0 Å². The Morgan fingerprint density at radius 1 is 1.38 bits per heavy atom. The van der Waals surface area contributed by atoms with Gasteiger partial charge in [-0.25, -0.2) is 4.39 Å². The van der Waals surface area contributed by atoms with Crippen molar-refractivity contribution in [2.24, 2.45) is 0 Å². The van der Waals surface area contributed by atoms with Crippen molar-refractivity contribution in [1.29, 1.82) is 5.26 Å². The lowest BCUT2D eigenvalue weighted by Crippen LogP contribution is -2.31. The number of aryl methyl sites for hydroxylation is 1. The Bertz CT molecular complexity index is 757. The quantitative estimate of drug-likeness (QED) is 0.865. The van der Waals surface area contributed by atoms with Gasteiger partial charge in [-0.05, 0) is 52.0 Å². The van der Waals surface area contributed by atoms with Gasteiger partial charge >= 0.3 is 0 Å². The van der Waals surface area contributed by atoms with E-state index >= 15 is 0 Å². The Morgan fingerprint density at radius 2 is 2.12 bits per heavy atom. The van der Waals surface area contributed by atoms with Crippen LogP contribution in [0.2, 0.25) is 0 Å². The highest BCUT2D eigenvalue weighted by Crippen LogP contribution is 2.25. The summed E-state index contributed by atoms with van der Waals surface area (Å²) < 4.78 is 21.6. The van der Waals surface area contributed by atoms with Gasteiger partial charge in [-0.15, -0.1) is 5.10 Å². The van der Waals surface area contributed by atoms with E-state index in [1.807, 2.05) is 23.9 Å². The monoisotopic (exact) mass is 328 g/mol. The molecule has 0 amide bonds. The van der Waals surface area contributed by atoms with Crippen molar-refractivity contribution >= 4 is 0 Å². The Morgan fingerprint density at radius 3 is 2.79 bits per heavy atom. The molecule has 1 aliphatic heterocycles. The van der Waals surface area contributed by atoms with Crippen molar-refractivity contribution < 1.29 is 9.13 Å². The Balaban J connectivity index is 1.67. The van der Waals surface area contributed by atoms with Gasteiger partial charge in [-0.2, -0.15) is 5.26 Å². The largest absolute Gasteiger partial charge is 0.471 e. The van der Waals surface area contributed by atoms with E-state index in [1.54, 1.807) is 12.1 Å². The molecule has 0 radical (unpaired) electrons. The number of likely N-dealkylation sites (tertiary alicyclic amines) is 1. The first-order valence-electron chi connectivity index (χ1n) is 8.12. The second kappa shape index (κ2) is 7.02. The predicted octanol–water partition coefficient (Wildman–Crippen LogP) is 3.05. The van der Waals surface area contributed by atoms with Crippen molar-refractivity contribution in [3.63, 3.8) is 0 Å². The summed E-state index contributed by atoms with van der Waals surface area (Å²) in [4.78, 5) is 2.32. The molecule has 0 atom stereocenters. The zero-order valence-electron chi connectivity index (χ0n) is 14.0. The number of nitrogens with zero attached hydrogens (tertiary/aromatic N) is 4. The van der Waals surface area contributed by atoms with Crippen LogP contribution in [0.25, 0.3) is 0 Å². The summed E-state index contributed by atoms with van der Waals surface area (Å²) in [7, 11) is 2.13. The first kappa shape index (κ1) is 16.5. The SMILES string of the molecule is Cc1cn(C2CCN(C)CC2)nc1OCc1ccc(C#N)cc1F. The molecule has 2 aromatic rings. The van der Waals surface area contributed by atoms with Crippen molar-refractivity contribution in [2.45, 2.75) is 32.4 Å². The third-order valence-corrected chi connectivity index (χ3v) is 4.48. The second-order valence-electron chi connectivity index (χ2n) is 6.34. The Labute approximate surface area is 141 Å². The molecule has 1 aliphatic rings. The normalized spacial score (nSPS) is 16.1. The molecule has 2 heterocycles. The zero-order valence-corrected chi connectivity index (χ0v) is 14.0. The van der Waals surface area contributed by atoms with Crippen molar-refractivity contribution in [2.75, 3.05) is 20.1 Å². The lowest BCUT2D eigenvalue weighted by molar-refractivity contribution is 0.208. The van der Waals surface area contributed by atoms with Crippen molar-refractivity contribution in [3.8, 4) is 11.9 Å². The maximum atomic E-state index is 13.9. The highest BCUT2D eigenvalue weighted by atomic mass is 19.1. The summed E-state index contributed by atoms with van der Waals surface area (Å²) in [6.45, 7) is 4.18. The molecule has 1 aromatic heterocycles. The van der Waals surface area contributed by atoms with Crippen molar-refractivity contribution in [3.05, 3.63) is 46.9 Å². The van der Waals surface area contributed by atoms with Gasteiger partial charge in [0.15, 0.2) is 0 Å². The van der Waals surface area contributed by atoms with E-state index in [2.05, 4.69) is 17.0 Å². The van der Waals surface area contributed by atoms with Gasteiger partial charge in [0.1, 0.15) is 12.4 Å². The fraction of sp³-hybridized carbons (Fsp3) is 0.444. The lowest BCUT2D eigenvalue weighted by Gasteiger charge is -2.28. The molecule has 126 valence electrons. The molecular formula is C18H21FN4O. The van der Waals surface area contributed by atoms with Gasteiger partial charge < -0.3 is 9.64 Å². The molecular weight excluding hydrogens is 307 g/mol. The minimum Gasteiger partial charge on any atom is -0.471 e. The van der Waals surface area contributed by atoms with E-state index in [4.69, 9.17) is 10.00 Å². The van der Waals surface area contributed by atoms with Gasteiger partial charge in [0, 0.05) is 17.3 Å². The number of ether oxygens (including phenoxy) is 1. The van der Waals surface area contributed by atoms with Gasteiger partial charge in [0.25, 0.3) is 0 Å². The van der Waals surface area contributed by atoms with E-state index in [1.165, 1.54) is 6.07 Å². The van der Waals surface area contributed by atoms with Gasteiger partial charge in [0.05, 0.1) is 17.7 Å². The number of piperidine rings is 1. The van der Waals surface area contributed by atoms with Crippen LogP contribution in [0.3, 0.4) is 0 Å². The zero-order chi connectivity index (χ0) is 17.1. The maximum absolute atomic E-state index is 13.9. The van der Waals surface area contributed by atoms with Gasteiger partial charge in [0.2, 0.25) is 5.88 Å². The Hall–Kier alpha value is -2.39. The summed E-state index contributed by atoms with van der Waals surface area (Å²) >= 11 is 0. The van der Waals surface area contributed by atoms with Crippen LogP contribution in [0.5, 0.6) is 5.88 Å². The fourth-order valence-electron chi connectivity index (χ4n) is 2.94. The molecule has 1 fully saturated rings. The summed E-state index contributed by atoms with van der Waals surface area (Å²) in [5, 5.41) is 13.3. The molecule has 6 heteroatoms. The van der Waals surface area contributed by atoms with Crippen LogP contribution in [0.1, 0.15) is 35.6 Å². The molecule has 0 N–H and O–H groups in total. The number of hydrogen-bond acceptors (Lipinski definition) is 4. The molecule has 1 saturated heterocycles. The predicted molar refractivity (Wildman–Crippen MR) is 88.2 cm³/mol. The van der Waals surface area contributed by atoms with Gasteiger partial charge in [-0.1, -0.05) is 6.07 Å². The highest BCUT2D eigenvalue weighted by molar-refractivity contribution is 5.33. The van der Waals surface area contributed by atoms with Crippen LogP contribution in [0.15, 0.2) is 24.4 Å². The van der Waals surface area contributed by atoms with E-state index in [0.717, 1.165) is 31.5 Å². The third-order valence-electron chi connectivity index (χ3n) is 4.48. The molecule has 0 saturated carbocycles. The number of rotatable bonds is 4. The summed E-state index contributed by atoms with van der Waals surface area (Å²) in [5.41, 5.74) is 1.67. The first-order chi connectivity index (χ1) is 11.6. The summed E-state index contributed by atoms with van der Waals surface area (Å²) in [6, 6.07) is 6.71. The molecule has 24 heavy (non-hydrogen) atoms. The minimum absolute atomic E-state index is 0.1000. The average Bonchev–Trinajstić information content (AvgIpc) is 2.95. The van der Waals surface area contributed by atoms with Crippen LogP contribution in [-0.2, 0) is 6.61 Å². The average molecular weight is 328 g/mol. The minimum atomic E-state index is -0.429. The van der Waals surface area contributed by atoms with Crippen LogP contribution in [-0.4, -0.2) is 34.8 Å². The number of benzene rings is 1. The lowest BCUT2D eigenvalue weighted by atomic mass is 10.1. The number of aromatic nitrogens is 2. The van der Waals surface area contributed by atoms with Crippen LogP contribution < -0.4 is 4.74 Å². The van der Waals surface area contributed by atoms with Gasteiger partial charge in [-0.3, -0.25) is 4.68 Å². The van der Waals surface area contributed by atoms with Crippen LogP contribution >= 0.6 is 0 Å². The maximum Gasteiger partial charge on any atom is 0.236 e. The number of hydrogen-bond donors (Lipinski definition) is 0. The molecule has 5 nitrogen and oxygen atoms in total. The van der Waals surface area contributed by atoms with E-state index in [9.17, 15) is 4.39 Å². The smallest absolute Gasteiger partial charge is 0.236 e. The van der Waals surface area contributed by atoms with E-state index in [-0.39, 0.29) is 6.61 Å². The molecule has 0 bridgehead atoms. The summed E-state index contributed by atoms with van der Waals surface area (Å²) in [5.74, 6) is 0.110. The molecule has 0 spiro atoms. The van der Waals surface area contributed by atoms with Crippen molar-refractivity contribution in [1.82, 2.24) is 14.7 Å². The van der Waals surface area contributed by atoms with Crippen LogP contribution in [0, 0.1) is 24.1 Å². The third kappa shape index (κ3) is 3.57. The van der Waals surface area contributed by atoms with E-state index < -0.39 is 5.82 Å². The molecule has 1 aromatic carbocycles. The highest BCUT2D eigenvalue weighted by Gasteiger charge is 2.20. The second-order valence-corrected chi connectivity index (χ2v) is 6.34. The first-order valence-corrected chi connectivity index (χ1v) is 8.12. The topological polar surface area (TPSA) is 54.1 Å². The number of nitriles is 1. The molecule has 0 aliphatic carbocycles. The Kier molecular flexibility index (Phi) is 4.81. The van der Waals surface area contributed by atoms with Crippen LogP contribution in [0.4, 0.5) is 4.39 Å². The fourth-order valence-corrected chi connectivity index (χ4v) is 2.94. The summed E-state index contributed by atoms with van der Waals surface area (Å²) in [6.07, 6.45) is 4.14. The standard InChI is InChI=1S/C18H21FN4O/c1-13-11-23(16-5-7-22(2)8-6-16)21-18(13)24-12-15-4-3-14(10-20)9-17(15)19/h3-4,9,11,16H,5-8,12H2,1-2H3. The molecule has 3 rings (SSSR count). The molecule has 0 unspecified atom stereocenters. The number of halogens is 1.